The molecule has 7 nitrogen and oxygen atoms in total. The molecule has 1 aliphatic rings. The summed E-state index contributed by atoms with van der Waals surface area (Å²) in [5, 5.41) is 2.89. The number of hydrogen-bond acceptors (Lipinski definition) is 5. The van der Waals surface area contributed by atoms with Crippen LogP contribution in [-0.2, 0) is 29.5 Å². The van der Waals surface area contributed by atoms with Gasteiger partial charge in [-0.25, -0.2) is 8.42 Å². The van der Waals surface area contributed by atoms with Crippen molar-refractivity contribution in [3.8, 4) is 5.75 Å². The zero-order valence-electron chi connectivity index (χ0n) is 14.7. The second kappa shape index (κ2) is 7.43. The normalized spacial score (nSPS) is 14.5. The fourth-order valence-electron chi connectivity index (χ4n) is 2.97. The second-order valence-electron chi connectivity index (χ2n) is 6.20. The quantitative estimate of drug-likeness (QED) is 0.852. The van der Waals surface area contributed by atoms with Gasteiger partial charge < -0.3 is 10.1 Å². The Bertz CT molecular complexity index is 911. The summed E-state index contributed by atoms with van der Waals surface area (Å²) >= 11 is 0. The van der Waals surface area contributed by atoms with Crippen LogP contribution in [0.15, 0.2) is 36.7 Å². The van der Waals surface area contributed by atoms with Gasteiger partial charge >= 0.3 is 0 Å². The molecular weight excluding hydrogens is 354 g/mol. The molecule has 8 heteroatoms. The third kappa shape index (κ3) is 4.03. The number of hydrogen-bond donors (Lipinski definition) is 1. The van der Waals surface area contributed by atoms with Crippen LogP contribution in [0.2, 0.25) is 0 Å². The lowest BCUT2D eigenvalue weighted by atomic mass is 9.98. The first-order valence-corrected chi connectivity index (χ1v) is 10.1. The summed E-state index contributed by atoms with van der Waals surface area (Å²) in [6.07, 6.45) is 4.86. The van der Waals surface area contributed by atoms with Crippen molar-refractivity contribution in [2.24, 2.45) is 0 Å². The van der Waals surface area contributed by atoms with E-state index in [1.165, 1.54) is 16.8 Å². The van der Waals surface area contributed by atoms with Crippen LogP contribution < -0.4 is 10.1 Å². The molecule has 0 atom stereocenters. The maximum absolute atomic E-state index is 12.6. The second-order valence-corrected chi connectivity index (χ2v) is 8.18. The number of rotatable bonds is 5. The van der Waals surface area contributed by atoms with Crippen LogP contribution in [0.3, 0.4) is 0 Å². The summed E-state index contributed by atoms with van der Waals surface area (Å²) in [6.45, 7) is 1.01. The summed E-state index contributed by atoms with van der Waals surface area (Å²) in [7, 11) is -1.65. The van der Waals surface area contributed by atoms with E-state index in [9.17, 15) is 13.2 Å². The molecule has 3 rings (SSSR count). The van der Waals surface area contributed by atoms with Crippen LogP contribution in [0.5, 0.6) is 5.75 Å². The largest absolute Gasteiger partial charge is 0.497 e. The van der Waals surface area contributed by atoms with E-state index in [-0.39, 0.29) is 12.5 Å². The first-order chi connectivity index (χ1) is 12.4. The zero-order chi connectivity index (χ0) is 18.7. The van der Waals surface area contributed by atoms with Crippen molar-refractivity contribution in [1.29, 1.82) is 0 Å². The average Bonchev–Trinajstić information content (AvgIpc) is 2.64. The number of ether oxygens (including phenoxy) is 1. The molecule has 2 aromatic rings. The lowest BCUT2D eigenvalue weighted by Gasteiger charge is -2.27. The molecule has 0 spiro atoms. The molecule has 0 saturated carbocycles. The molecule has 1 N–H and O–H groups in total. The van der Waals surface area contributed by atoms with E-state index in [4.69, 9.17) is 4.74 Å². The fraction of sp³-hybridized carbons (Fsp3) is 0.333. The SMILES string of the molecule is COc1ccc(CNC(=O)c2cncc3c2CCN(S(C)(=O)=O)C3)cc1. The van der Waals surface area contributed by atoms with Crippen molar-refractivity contribution >= 4 is 15.9 Å². The minimum Gasteiger partial charge on any atom is -0.497 e. The van der Waals surface area contributed by atoms with Gasteiger partial charge in [-0.2, -0.15) is 4.31 Å². The molecule has 0 fully saturated rings. The molecule has 0 bridgehead atoms. The number of amides is 1. The first kappa shape index (κ1) is 18.3. The maximum Gasteiger partial charge on any atom is 0.253 e. The lowest BCUT2D eigenvalue weighted by Crippen LogP contribution is -2.36. The minimum atomic E-state index is -3.26. The maximum atomic E-state index is 12.6. The summed E-state index contributed by atoms with van der Waals surface area (Å²) in [4.78, 5) is 16.7. The van der Waals surface area contributed by atoms with Crippen LogP contribution in [0.25, 0.3) is 0 Å². The third-order valence-corrected chi connectivity index (χ3v) is 5.68. The van der Waals surface area contributed by atoms with E-state index in [1.807, 2.05) is 24.3 Å². The summed E-state index contributed by atoms with van der Waals surface area (Å²) in [5.74, 6) is 0.551. The molecule has 1 aliphatic heterocycles. The highest BCUT2D eigenvalue weighted by atomic mass is 32.2. The van der Waals surface area contributed by atoms with Gasteiger partial charge in [-0.15, -0.1) is 0 Å². The standard InChI is InChI=1S/C18H21N3O4S/c1-25-15-5-3-13(4-6-15)9-20-18(22)17-11-19-10-14-12-21(26(2,23)24)8-7-16(14)17/h3-6,10-11H,7-9,12H2,1-2H3,(H,20,22). The Morgan fingerprint density at radius 2 is 2.00 bits per heavy atom. The number of nitrogens with one attached hydrogen (secondary N) is 1. The van der Waals surface area contributed by atoms with E-state index in [0.717, 1.165) is 22.4 Å². The Labute approximate surface area is 153 Å². The summed E-state index contributed by atoms with van der Waals surface area (Å²) in [6, 6.07) is 7.46. The number of carbonyl (C=O) groups is 1. The van der Waals surface area contributed by atoms with E-state index in [1.54, 1.807) is 13.3 Å². The number of benzene rings is 1. The van der Waals surface area contributed by atoms with Crippen LogP contribution >= 0.6 is 0 Å². The molecule has 1 aromatic carbocycles. The summed E-state index contributed by atoms with van der Waals surface area (Å²) < 4.78 is 30.0. The van der Waals surface area contributed by atoms with Crippen LogP contribution in [0.1, 0.15) is 27.0 Å². The predicted octanol–water partition coefficient (Wildman–Crippen LogP) is 1.34. The van der Waals surface area contributed by atoms with Crippen LogP contribution in [0.4, 0.5) is 0 Å². The Morgan fingerprint density at radius 3 is 2.65 bits per heavy atom. The Kier molecular flexibility index (Phi) is 5.24. The van der Waals surface area contributed by atoms with Crippen molar-refractivity contribution in [3.63, 3.8) is 0 Å². The molecule has 2 heterocycles. The highest BCUT2D eigenvalue weighted by Gasteiger charge is 2.26. The number of aromatic nitrogens is 1. The summed E-state index contributed by atoms with van der Waals surface area (Å²) in [5.41, 5.74) is 3.11. The number of sulfonamides is 1. The molecular formula is C18H21N3O4S. The van der Waals surface area contributed by atoms with Gasteiger partial charge in [0.15, 0.2) is 0 Å². The molecule has 26 heavy (non-hydrogen) atoms. The van der Waals surface area contributed by atoms with Crippen molar-refractivity contribution in [2.45, 2.75) is 19.5 Å². The van der Waals surface area contributed by atoms with Crippen molar-refractivity contribution < 1.29 is 17.9 Å². The van der Waals surface area contributed by atoms with Gasteiger partial charge in [-0.3, -0.25) is 9.78 Å². The van der Waals surface area contributed by atoms with Gasteiger partial charge in [0.05, 0.1) is 18.9 Å². The minimum absolute atomic E-state index is 0.210. The number of carbonyl (C=O) groups excluding carboxylic acids is 1. The lowest BCUT2D eigenvalue weighted by molar-refractivity contribution is 0.0949. The first-order valence-electron chi connectivity index (χ1n) is 8.20. The Hall–Kier alpha value is -2.45. The van der Waals surface area contributed by atoms with Gasteiger partial charge in [0.2, 0.25) is 10.0 Å². The third-order valence-electron chi connectivity index (χ3n) is 4.43. The number of fused-ring (bicyclic) bond motifs is 1. The van der Waals surface area contributed by atoms with Gasteiger partial charge in [0.25, 0.3) is 5.91 Å². The Morgan fingerprint density at radius 1 is 1.27 bits per heavy atom. The molecule has 138 valence electrons. The van der Waals surface area contributed by atoms with Crippen LogP contribution in [0, 0.1) is 0 Å². The highest BCUT2D eigenvalue weighted by Crippen LogP contribution is 2.23. The van der Waals surface area contributed by atoms with E-state index < -0.39 is 10.0 Å². The van der Waals surface area contributed by atoms with Crippen molar-refractivity contribution in [3.05, 3.63) is 58.9 Å². The molecule has 0 aliphatic carbocycles. The molecule has 0 saturated heterocycles. The zero-order valence-corrected chi connectivity index (χ0v) is 15.5. The van der Waals surface area contributed by atoms with Crippen molar-refractivity contribution in [2.75, 3.05) is 19.9 Å². The fourth-order valence-corrected chi connectivity index (χ4v) is 3.76. The van der Waals surface area contributed by atoms with E-state index in [0.29, 0.717) is 25.1 Å². The molecule has 0 unspecified atom stereocenters. The van der Waals surface area contributed by atoms with Gasteiger partial charge in [-0.1, -0.05) is 12.1 Å². The average molecular weight is 375 g/mol. The predicted molar refractivity (Wildman–Crippen MR) is 97.4 cm³/mol. The van der Waals surface area contributed by atoms with E-state index in [2.05, 4.69) is 10.3 Å². The topological polar surface area (TPSA) is 88.6 Å². The highest BCUT2D eigenvalue weighted by molar-refractivity contribution is 7.88. The van der Waals surface area contributed by atoms with Gasteiger partial charge in [0.1, 0.15) is 5.75 Å². The Balaban J connectivity index is 1.72. The van der Waals surface area contributed by atoms with Crippen LogP contribution in [-0.4, -0.2) is 43.5 Å². The van der Waals surface area contributed by atoms with Gasteiger partial charge in [-0.05, 0) is 35.2 Å². The number of nitrogens with zero attached hydrogens (tertiary/aromatic N) is 2. The monoisotopic (exact) mass is 375 g/mol. The van der Waals surface area contributed by atoms with E-state index >= 15 is 0 Å². The number of methoxy groups -OCH3 is 1. The molecule has 1 amide bonds. The van der Waals surface area contributed by atoms with Gasteiger partial charge in [0, 0.05) is 32.0 Å². The molecule has 0 radical (unpaired) electrons. The van der Waals surface area contributed by atoms with Crippen molar-refractivity contribution in [1.82, 2.24) is 14.6 Å². The number of pyridine rings is 1. The smallest absolute Gasteiger partial charge is 0.253 e. The molecule has 1 aromatic heterocycles.